The van der Waals surface area contributed by atoms with Gasteiger partial charge in [0.2, 0.25) is 5.91 Å². The van der Waals surface area contributed by atoms with E-state index in [9.17, 15) is 4.79 Å². The van der Waals surface area contributed by atoms with Crippen LogP contribution in [0.5, 0.6) is 0 Å². The highest BCUT2D eigenvalue weighted by molar-refractivity contribution is 5.78. The van der Waals surface area contributed by atoms with E-state index in [1.54, 1.807) is 7.11 Å². The van der Waals surface area contributed by atoms with Gasteiger partial charge in [0.15, 0.2) is 0 Å². The van der Waals surface area contributed by atoms with E-state index in [0.717, 1.165) is 19.5 Å². The quantitative estimate of drug-likeness (QED) is 0.859. The Hall–Kier alpha value is -1.39. The van der Waals surface area contributed by atoms with Crippen LogP contribution in [0.15, 0.2) is 30.3 Å². The lowest BCUT2D eigenvalue weighted by molar-refractivity contribution is -0.138. The summed E-state index contributed by atoms with van der Waals surface area (Å²) in [6.07, 6.45) is 4.76. The van der Waals surface area contributed by atoms with Crippen LogP contribution in [0.4, 0.5) is 0 Å². The van der Waals surface area contributed by atoms with Crippen LogP contribution < -0.4 is 0 Å². The highest BCUT2D eigenvalue weighted by atomic mass is 16.5. The third-order valence-electron chi connectivity index (χ3n) is 5.43. The molecule has 2 fully saturated rings. The summed E-state index contributed by atoms with van der Waals surface area (Å²) in [6.45, 7) is 2.07. The summed E-state index contributed by atoms with van der Waals surface area (Å²) in [4.78, 5) is 17.3. The first-order valence-electron chi connectivity index (χ1n) is 8.76. The second-order valence-electron chi connectivity index (χ2n) is 6.88. The zero-order valence-electron chi connectivity index (χ0n) is 14.3. The normalized spacial score (nSPS) is 29.0. The molecule has 0 bridgehead atoms. The van der Waals surface area contributed by atoms with Crippen LogP contribution in [0.25, 0.3) is 0 Å². The van der Waals surface area contributed by atoms with Crippen molar-refractivity contribution in [2.75, 3.05) is 33.9 Å². The number of fused-ring (bicyclic) bond motifs is 1. The fourth-order valence-corrected chi connectivity index (χ4v) is 4.36. The number of benzene rings is 1. The van der Waals surface area contributed by atoms with Crippen LogP contribution in [0.2, 0.25) is 0 Å². The number of nitrogens with zero attached hydrogens (tertiary/aromatic N) is 2. The summed E-state index contributed by atoms with van der Waals surface area (Å²) in [5.41, 5.74) is 1.35. The largest absolute Gasteiger partial charge is 0.375 e. The summed E-state index contributed by atoms with van der Waals surface area (Å²) in [6, 6.07) is 11.4. The van der Waals surface area contributed by atoms with Gasteiger partial charge in [-0.1, -0.05) is 43.2 Å². The SMILES string of the molecule is COCC(=O)N1CCCCC[C@H]2[C@@H]1[C@H](c1ccccc1)CN2C. The van der Waals surface area contributed by atoms with E-state index < -0.39 is 0 Å². The number of amides is 1. The Balaban J connectivity index is 1.93. The van der Waals surface area contributed by atoms with Crippen molar-refractivity contribution in [2.45, 2.75) is 43.7 Å². The van der Waals surface area contributed by atoms with Gasteiger partial charge < -0.3 is 14.5 Å². The summed E-state index contributed by atoms with van der Waals surface area (Å²) in [5.74, 6) is 0.533. The van der Waals surface area contributed by atoms with Gasteiger partial charge in [0.1, 0.15) is 6.61 Å². The molecule has 0 radical (unpaired) electrons. The van der Waals surface area contributed by atoms with Gasteiger partial charge in [-0.3, -0.25) is 4.79 Å². The van der Waals surface area contributed by atoms with Gasteiger partial charge in [-0.2, -0.15) is 0 Å². The topological polar surface area (TPSA) is 32.8 Å². The summed E-state index contributed by atoms with van der Waals surface area (Å²) < 4.78 is 5.14. The molecule has 2 aliphatic rings. The number of rotatable bonds is 3. The lowest BCUT2D eigenvalue weighted by atomic mass is 9.87. The lowest BCUT2D eigenvalue weighted by Crippen LogP contribution is -2.51. The Morgan fingerprint density at radius 1 is 1.22 bits per heavy atom. The van der Waals surface area contributed by atoms with Crippen LogP contribution in [-0.4, -0.2) is 61.6 Å². The van der Waals surface area contributed by atoms with E-state index in [0.29, 0.717) is 12.0 Å². The molecule has 0 N–H and O–H groups in total. The zero-order valence-corrected chi connectivity index (χ0v) is 14.3. The number of likely N-dealkylation sites (N-methyl/N-ethyl adjacent to an activating group) is 1. The molecule has 0 unspecified atom stereocenters. The third kappa shape index (κ3) is 3.43. The maximum absolute atomic E-state index is 12.7. The molecule has 4 heteroatoms. The lowest BCUT2D eigenvalue weighted by Gasteiger charge is -2.38. The number of hydrogen-bond donors (Lipinski definition) is 0. The van der Waals surface area contributed by atoms with Crippen LogP contribution in [0, 0.1) is 0 Å². The summed E-state index contributed by atoms with van der Waals surface area (Å²) in [7, 11) is 3.82. The molecular weight excluding hydrogens is 288 g/mol. The molecule has 1 amide bonds. The fourth-order valence-electron chi connectivity index (χ4n) is 4.36. The molecule has 2 heterocycles. The van der Waals surface area contributed by atoms with E-state index >= 15 is 0 Å². The molecule has 0 spiro atoms. The molecule has 23 heavy (non-hydrogen) atoms. The molecule has 2 saturated heterocycles. The Bertz CT molecular complexity index is 519. The van der Waals surface area contributed by atoms with Gasteiger partial charge >= 0.3 is 0 Å². The van der Waals surface area contributed by atoms with Crippen molar-refractivity contribution in [3.63, 3.8) is 0 Å². The molecule has 3 rings (SSSR count). The molecule has 1 aromatic rings. The van der Waals surface area contributed by atoms with Crippen molar-refractivity contribution in [1.82, 2.24) is 9.80 Å². The van der Waals surface area contributed by atoms with E-state index in [4.69, 9.17) is 4.74 Å². The van der Waals surface area contributed by atoms with E-state index in [1.165, 1.54) is 24.8 Å². The maximum Gasteiger partial charge on any atom is 0.248 e. The van der Waals surface area contributed by atoms with E-state index in [1.807, 2.05) is 0 Å². The standard InChI is InChI=1S/C19H28N2O2/c1-20-13-16(15-9-5-3-6-10-15)19-17(20)11-7-4-8-12-21(19)18(22)14-23-2/h3,5-6,9-10,16-17,19H,4,7-8,11-14H2,1-2H3/t16-,17-,19-/m0/s1. The minimum absolute atomic E-state index is 0.139. The number of ether oxygens (including phenoxy) is 1. The molecule has 3 atom stereocenters. The number of methoxy groups -OCH3 is 1. The van der Waals surface area contributed by atoms with Gasteiger partial charge in [-0.25, -0.2) is 0 Å². The monoisotopic (exact) mass is 316 g/mol. The molecule has 126 valence electrons. The fraction of sp³-hybridized carbons (Fsp3) is 0.632. The highest BCUT2D eigenvalue weighted by Crippen LogP contribution is 2.38. The maximum atomic E-state index is 12.7. The molecule has 2 aliphatic heterocycles. The molecule has 1 aromatic carbocycles. The molecular formula is C19H28N2O2. The van der Waals surface area contributed by atoms with Gasteiger partial charge in [0.25, 0.3) is 0 Å². The van der Waals surface area contributed by atoms with Crippen molar-refractivity contribution in [3.05, 3.63) is 35.9 Å². The predicted molar refractivity (Wildman–Crippen MR) is 91.4 cm³/mol. The van der Waals surface area contributed by atoms with Crippen molar-refractivity contribution in [1.29, 1.82) is 0 Å². The Kier molecular flexibility index (Phi) is 5.34. The van der Waals surface area contributed by atoms with E-state index in [-0.39, 0.29) is 18.6 Å². The summed E-state index contributed by atoms with van der Waals surface area (Å²) in [5, 5.41) is 0. The van der Waals surface area contributed by atoms with E-state index in [2.05, 4.69) is 47.2 Å². The number of carbonyl (C=O) groups excluding carboxylic acids is 1. The molecule has 0 aromatic heterocycles. The van der Waals surface area contributed by atoms with Crippen LogP contribution in [0.3, 0.4) is 0 Å². The smallest absolute Gasteiger partial charge is 0.248 e. The number of likely N-dealkylation sites (tertiary alicyclic amines) is 2. The van der Waals surface area contributed by atoms with Gasteiger partial charge in [0.05, 0.1) is 6.04 Å². The number of hydrogen-bond acceptors (Lipinski definition) is 3. The first kappa shape index (κ1) is 16.5. The van der Waals surface area contributed by atoms with Crippen LogP contribution >= 0.6 is 0 Å². The zero-order chi connectivity index (χ0) is 16.2. The Morgan fingerprint density at radius 2 is 2.00 bits per heavy atom. The third-order valence-corrected chi connectivity index (χ3v) is 5.43. The van der Waals surface area contributed by atoms with Crippen LogP contribution in [0.1, 0.15) is 37.2 Å². The molecule has 4 nitrogen and oxygen atoms in total. The van der Waals surface area contributed by atoms with Gasteiger partial charge in [0, 0.05) is 32.2 Å². The second kappa shape index (κ2) is 7.45. The average molecular weight is 316 g/mol. The number of carbonyl (C=O) groups is 1. The highest BCUT2D eigenvalue weighted by Gasteiger charge is 2.45. The first-order valence-corrected chi connectivity index (χ1v) is 8.76. The van der Waals surface area contributed by atoms with Gasteiger partial charge in [-0.05, 0) is 25.5 Å². The molecule has 0 saturated carbocycles. The minimum atomic E-state index is 0.139. The van der Waals surface area contributed by atoms with Crippen LogP contribution in [-0.2, 0) is 9.53 Å². The Morgan fingerprint density at radius 3 is 2.74 bits per heavy atom. The molecule has 0 aliphatic carbocycles. The second-order valence-corrected chi connectivity index (χ2v) is 6.88. The minimum Gasteiger partial charge on any atom is -0.375 e. The van der Waals surface area contributed by atoms with Crippen molar-refractivity contribution < 1.29 is 9.53 Å². The van der Waals surface area contributed by atoms with Crippen molar-refractivity contribution in [3.8, 4) is 0 Å². The average Bonchev–Trinajstić information content (AvgIpc) is 2.84. The van der Waals surface area contributed by atoms with Crippen molar-refractivity contribution in [2.24, 2.45) is 0 Å². The first-order chi connectivity index (χ1) is 11.2. The van der Waals surface area contributed by atoms with Crippen molar-refractivity contribution >= 4 is 5.91 Å². The predicted octanol–water partition coefficient (Wildman–Crippen LogP) is 2.50. The summed E-state index contributed by atoms with van der Waals surface area (Å²) >= 11 is 0. The van der Waals surface area contributed by atoms with Gasteiger partial charge in [-0.15, -0.1) is 0 Å². The Labute approximate surface area is 139 Å².